The zero-order chi connectivity index (χ0) is 19.6. The average Bonchev–Trinajstić information content (AvgIpc) is 3.19. The van der Waals surface area contributed by atoms with Gasteiger partial charge >= 0.3 is 0 Å². The van der Waals surface area contributed by atoms with Crippen LogP contribution < -0.4 is 5.32 Å². The van der Waals surface area contributed by atoms with Gasteiger partial charge in [0.2, 0.25) is 10.0 Å². The predicted molar refractivity (Wildman–Crippen MR) is 125 cm³/mol. The first-order valence-electron chi connectivity index (χ1n) is 9.11. The molecule has 29 heavy (non-hydrogen) atoms. The summed E-state index contributed by atoms with van der Waals surface area (Å²) in [5.41, 5.74) is 2.61. The first-order valence-corrected chi connectivity index (χ1v) is 11.8. The molecule has 0 bridgehead atoms. The maximum atomic E-state index is 12.8. The van der Waals surface area contributed by atoms with E-state index < -0.39 is 10.0 Å². The molecule has 1 fully saturated rings. The van der Waals surface area contributed by atoms with Crippen molar-refractivity contribution < 1.29 is 8.42 Å². The van der Waals surface area contributed by atoms with Gasteiger partial charge in [-0.15, -0.1) is 28.3 Å². The summed E-state index contributed by atoms with van der Waals surface area (Å²) in [6, 6.07) is 14.4. The number of piperidine rings is 1. The van der Waals surface area contributed by atoms with Crippen LogP contribution in [-0.4, -0.2) is 30.8 Å². The Kier molecular flexibility index (Phi) is 7.34. The van der Waals surface area contributed by atoms with E-state index in [1.807, 2.05) is 41.8 Å². The SMILES string of the molecule is Br.O=S(=O)(c1ccc(-c2csc(Nc3ccc(Cl)cc3)n2)cc1)N1CCCCC1. The van der Waals surface area contributed by atoms with Crippen LogP contribution in [0.1, 0.15) is 19.3 Å². The molecule has 2 heterocycles. The van der Waals surface area contributed by atoms with Gasteiger partial charge in [0.1, 0.15) is 0 Å². The number of halogens is 2. The number of anilines is 2. The molecule has 3 aromatic rings. The van der Waals surface area contributed by atoms with Crippen LogP contribution in [0.25, 0.3) is 11.3 Å². The van der Waals surface area contributed by atoms with E-state index in [1.54, 1.807) is 16.4 Å². The molecule has 0 aliphatic carbocycles. The number of rotatable bonds is 5. The summed E-state index contributed by atoms with van der Waals surface area (Å²) in [4.78, 5) is 4.94. The summed E-state index contributed by atoms with van der Waals surface area (Å²) in [7, 11) is -3.41. The fraction of sp³-hybridized carbons (Fsp3) is 0.250. The van der Waals surface area contributed by atoms with E-state index in [-0.39, 0.29) is 17.0 Å². The Hall–Kier alpha value is -1.45. The van der Waals surface area contributed by atoms with Gasteiger partial charge in [-0.3, -0.25) is 0 Å². The zero-order valence-electron chi connectivity index (χ0n) is 15.5. The highest BCUT2D eigenvalue weighted by molar-refractivity contribution is 8.93. The third-order valence-corrected chi connectivity index (χ3v) is 7.63. The Morgan fingerprint density at radius 1 is 0.966 bits per heavy atom. The normalized spacial score (nSPS) is 14.9. The minimum Gasteiger partial charge on any atom is -0.332 e. The Bertz CT molecular complexity index is 1050. The molecule has 4 rings (SSSR count). The topological polar surface area (TPSA) is 62.3 Å². The number of hydrogen-bond donors (Lipinski definition) is 1. The summed E-state index contributed by atoms with van der Waals surface area (Å²) in [6.45, 7) is 1.21. The standard InChI is InChI=1S/C20H20ClN3O2S2.BrH/c21-16-6-8-17(9-7-16)22-20-23-19(14-27-20)15-4-10-18(11-5-15)28(25,26)24-12-2-1-3-13-24;/h4-11,14H,1-3,12-13H2,(H,22,23);1H. The van der Waals surface area contributed by atoms with Gasteiger partial charge in [-0.05, 0) is 49.2 Å². The van der Waals surface area contributed by atoms with E-state index in [9.17, 15) is 8.42 Å². The molecule has 5 nitrogen and oxygen atoms in total. The third kappa shape index (κ3) is 5.19. The van der Waals surface area contributed by atoms with Gasteiger partial charge in [0.25, 0.3) is 0 Å². The molecule has 1 aromatic heterocycles. The van der Waals surface area contributed by atoms with Crippen molar-refractivity contribution in [1.82, 2.24) is 9.29 Å². The van der Waals surface area contributed by atoms with Crippen LogP contribution in [0.3, 0.4) is 0 Å². The van der Waals surface area contributed by atoms with Crippen molar-refractivity contribution in [2.24, 2.45) is 0 Å². The van der Waals surface area contributed by atoms with Crippen LogP contribution in [0.2, 0.25) is 5.02 Å². The van der Waals surface area contributed by atoms with E-state index in [0.29, 0.717) is 23.0 Å². The van der Waals surface area contributed by atoms with E-state index in [1.165, 1.54) is 11.3 Å². The average molecular weight is 515 g/mol. The van der Waals surface area contributed by atoms with Crippen LogP contribution >= 0.6 is 39.9 Å². The molecule has 1 N–H and O–H groups in total. The molecule has 0 radical (unpaired) electrons. The quantitative estimate of drug-likeness (QED) is 0.456. The number of benzene rings is 2. The van der Waals surface area contributed by atoms with Gasteiger partial charge < -0.3 is 5.32 Å². The Balaban J connectivity index is 0.00000240. The van der Waals surface area contributed by atoms with Gasteiger partial charge in [0.15, 0.2) is 5.13 Å². The number of hydrogen-bond acceptors (Lipinski definition) is 5. The lowest BCUT2D eigenvalue weighted by Gasteiger charge is -2.25. The molecule has 0 spiro atoms. The number of aromatic nitrogens is 1. The molecule has 0 saturated carbocycles. The number of nitrogens with one attached hydrogen (secondary N) is 1. The molecule has 9 heteroatoms. The van der Waals surface area contributed by atoms with Gasteiger partial charge in [-0.2, -0.15) is 4.31 Å². The van der Waals surface area contributed by atoms with E-state index >= 15 is 0 Å². The van der Waals surface area contributed by atoms with Gasteiger partial charge in [0.05, 0.1) is 10.6 Å². The van der Waals surface area contributed by atoms with Crippen LogP contribution in [0.5, 0.6) is 0 Å². The lowest BCUT2D eigenvalue weighted by atomic mass is 10.2. The monoisotopic (exact) mass is 513 g/mol. The molecule has 0 unspecified atom stereocenters. The summed E-state index contributed by atoms with van der Waals surface area (Å²) >= 11 is 7.40. The van der Waals surface area contributed by atoms with Crippen LogP contribution in [0, 0.1) is 0 Å². The van der Waals surface area contributed by atoms with Crippen LogP contribution in [0.4, 0.5) is 10.8 Å². The molecular formula is C20H21BrClN3O2S2. The summed E-state index contributed by atoms with van der Waals surface area (Å²) in [6.07, 6.45) is 2.96. The molecule has 1 saturated heterocycles. The molecule has 1 aliphatic heterocycles. The van der Waals surface area contributed by atoms with E-state index in [4.69, 9.17) is 11.6 Å². The van der Waals surface area contributed by atoms with Gasteiger partial charge in [-0.25, -0.2) is 13.4 Å². The Morgan fingerprint density at radius 2 is 1.62 bits per heavy atom. The third-order valence-electron chi connectivity index (χ3n) is 4.70. The Morgan fingerprint density at radius 3 is 2.28 bits per heavy atom. The Labute approximate surface area is 190 Å². The van der Waals surface area contributed by atoms with Crippen molar-refractivity contribution in [2.75, 3.05) is 18.4 Å². The number of thiazole rings is 1. The maximum absolute atomic E-state index is 12.8. The highest BCUT2D eigenvalue weighted by Gasteiger charge is 2.25. The molecule has 2 aromatic carbocycles. The number of sulfonamides is 1. The molecular weight excluding hydrogens is 494 g/mol. The summed E-state index contributed by atoms with van der Waals surface area (Å²) in [5.74, 6) is 0. The second kappa shape index (κ2) is 9.57. The van der Waals surface area contributed by atoms with Crippen molar-refractivity contribution in [3.05, 3.63) is 58.9 Å². The maximum Gasteiger partial charge on any atom is 0.243 e. The van der Waals surface area contributed by atoms with Crippen LogP contribution in [-0.2, 0) is 10.0 Å². The van der Waals surface area contributed by atoms with Crippen molar-refractivity contribution >= 4 is 60.8 Å². The first-order chi connectivity index (χ1) is 13.5. The minimum atomic E-state index is -3.41. The largest absolute Gasteiger partial charge is 0.332 e. The van der Waals surface area contributed by atoms with E-state index in [0.717, 1.165) is 41.3 Å². The van der Waals surface area contributed by atoms with Crippen LogP contribution in [0.15, 0.2) is 58.8 Å². The molecule has 154 valence electrons. The van der Waals surface area contributed by atoms with E-state index in [2.05, 4.69) is 10.3 Å². The summed E-state index contributed by atoms with van der Waals surface area (Å²) < 4.78 is 27.1. The van der Waals surface area contributed by atoms with Gasteiger partial charge in [0, 0.05) is 34.7 Å². The fourth-order valence-corrected chi connectivity index (χ4v) is 5.56. The lowest BCUT2D eigenvalue weighted by molar-refractivity contribution is 0.346. The van der Waals surface area contributed by atoms with Crippen molar-refractivity contribution in [3.8, 4) is 11.3 Å². The van der Waals surface area contributed by atoms with Gasteiger partial charge in [-0.1, -0.05) is 30.2 Å². The summed E-state index contributed by atoms with van der Waals surface area (Å²) in [5, 5.41) is 6.65. The molecule has 0 atom stereocenters. The molecule has 0 amide bonds. The minimum absolute atomic E-state index is 0. The lowest BCUT2D eigenvalue weighted by Crippen LogP contribution is -2.35. The molecule has 1 aliphatic rings. The predicted octanol–water partition coefficient (Wildman–Crippen LogP) is 5.96. The van der Waals surface area contributed by atoms with Crippen molar-refractivity contribution in [2.45, 2.75) is 24.2 Å². The highest BCUT2D eigenvalue weighted by atomic mass is 79.9. The number of nitrogens with zero attached hydrogens (tertiary/aromatic N) is 2. The highest BCUT2D eigenvalue weighted by Crippen LogP contribution is 2.29. The van der Waals surface area contributed by atoms with Crippen molar-refractivity contribution in [3.63, 3.8) is 0 Å². The zero-order valence-corrected chi connectivity index (χ0v) is 19.6. The second-order valence-electron chi connectivity index (χ2n) is 6.66. The van der Waals surface area contributed by atoms with Crippen molar-refractivity contribution in [1.29, 1.82) is 0 Å². The second-order valence-corrected chi connectivity index (χ2v) is 9.89. The smallest absolute Gasteiger partial charge is 0.243 e. The first kappa shape index (κ1) is 22.2. The fourth-order valence-electron chi connectivity index (χ4n) is 3.17.